The lowest BCUT2D eigenvalue weighted by atomic mass is 10.0. The molecule has 0 radical (unpaired) electrons. The Morgan fingerprint density at radius 3 is 0.854 bits per heavy atom. The number of hydrogen-bond donors (Lipinski definition) is 0. The number of aryl methyl sites for hydroxylation is 3. The molecular formula is C39H33ClSi. The van der Waals surface area contributed by atoms with E-state index in [1.165, 1.54) is 65.6 Å². The fourth-order valence-electron chi connectivity index (χ4n) is 6.02. The van der Waals surface area contributed by atoms with Gasteiger partial charge >= 0.3 is 0 Å². The summed E-state index contributed by atoms with van der Waals surface area (Å²) >= 11 is 8.17. The van der Waals surface area contributed by atoms with Crippen LogP contribution in [0.5, 0.6) is 0 Å². The molecule has 0 amide bonds. The molecular weight excluding hydrogens is 532 g/mol. The van der Waals surface area contributed by atoms with Gasteiger partial charge in [0.25, 0.3) is 0 Å². The number of benzene rings is 6. The fourth-order valence-corrected chi connectivity index (χ4v) is 11.6. The molecule has 0 aromatic heterocycles. The van der Waals surface area contributed by atoms with Crippen LogP contribution in [-0.2, 0) is 0 Å². The zero-order valence-corrected chi connectivity index (χ0v) is 25.5. The van der Waals surface area contributed by atoms with Crippen LogP contribution in [0.2, 0.25) is 0 Å². The Bertz CT molecular complexity index is 1590. The molecule has 0 fully saturated rings. The van der Waals surface area contributed by atoms with Gasteiger partial charge in [-0.3, -0.25) is 0 Å². The minimum atomic E-state index is -2.91. The van der Waals surface area contributed by atoms with Crippen molar-refractivity contribution < 1.29 is 0 Å². The van der Waals surface area contributed by atoms with Crippen molar-refractivity contribution in [2.75, 3.05) is 0 Å². The standard InChI is InChI=1S/C39H33ClSi/c1-28-25-34(31-13-7-4-8-14-31)19-22-37(28)41(40,38-23-20-35(26-29(38)2)32-15-9-5-10-16-32)39-24-21-36(27-30(39)3)33-17-11-6-12-18-33/h4-27H,1-3H3. The Morgan fingerprint density at radius 1 is 0.341 bits per heavy atom. The molecule has 0 unspecified atom stereocenters. The second-order valence-corrected chi connectivity index (χ2v) is 15.5. The number of rotatable bonds is 6. The molecule has 0 nitrogen and oxygen atoms in total. The predicted molar refractivity (Wildman–Crippen MR) is 180 cm³/mol. The van der Waals surface area contributed by atoms with Crippen LogP contribution >= 0.6 is 11.1 Å². The van der Waals surface area contributed by atoms with E-state index in [1.807, 2.05) is 0 Å². The van der Waals surface area contributed by atoms with Crippen molar-refractivity contribution in [1.29, 1.82) is 0 Å². The third-order valence-electron chi connectivity index (χ3n) is 8.11. The van der Waals surface area contributed by atoms with Gasteiger partial charge < -0.3 is 0 Å². The Balaban J connectivity index is 1.53. The zero-order chi connectivity index (χ0) is 28.4. The summed E-state index contributed by atoms with van der Waals surface area (Å²) in [6.07, 6.45) is 0. The Kier molecular flexibility index (Phi) is 7.49. The Labute approximate surface area is 249 Å². The maximum atomic E-state index is 8.17. The molecule has 6 aromatic carbocycles. The third kappa shape index (κ3) is 5.20. The Hall–Kier alpha value is -4.17. The van der Waals surface area contributed by atoms with Gasteiger partial charge in [-0.2, -0.15) is 0 Å². The van der Waals surface area contributed by atoms with Crippen molar-refractivity contribution in [1.82, 2.24) is 0 Å². The monoisotopic (exact) mass is 564 g/mol. The second kappa shape index (κ2) is 11.4. The number of hydrogen-bond acceptors (Lipinski definition) is 0. The summed E-state index contributed by atoms with van der Waals surface area (Å²) in [6.45, 7) is 6.65. The minimum Gasteiger partial charge on any atom is -0.149 e. The van der Waals surface area contributed by atoms with Crippen molar-refractivity contribution in [3.05, 3.63) is 162 Å². The summed E-state index contributed by atoms with van der Waals surface area (Å²) in [5.41, 5.74) is 11.0. The van der Waals surface area contributed by atoms with Gasteiger partial charge in [-0.05, 0) is 86.4 Å². The van der Waals surface area contributed by atoms with Gasteiger partial charge in [0, 0.05) is 0 Å². The molecule has 6 rings (SSSR count). The summed E-state index contributed by atoms with van der Waals surface area (Å²) in [5.74, 6) is 0. The molecule has 0 aliphatic heterocycles. The first kappa shape index (κ1) is 27.0. The zero-order valence-electron chi connectivity index (χ0n) is 23.7. The molecule has 0 bridgehead atoms. The highest BCUT2D eigenvalue weighted by Gasteiger charge is 2.41. The van der Waals surface area contributed by atoms with E-state index in [-0.39, 0.29) is 0 Å². The SMILES string of the molecule is Cc1cc(-c2ccccc2)ccc1[Si](Cl)(c1ccc(-c2ccccc2)cc1C)c1ccc(-c2ccccc2)cc1C. The summed E-state index contributed by atoms with van der Waals surface area (Å²) in [6, 6.07) is 52.2. The molecule has 0 spiro atoms. The largest absolute Gasteiger partial charge is 0.248 e. The molecule has 0 aliphatic carbocycles. The first-order valence-electron chi connectivity index (χ1n) is 14.1. The molecule has 2 heteroatoms. The van der Waals surface area contributed by atoms with Crippen molar-refractivity contribution in [2.24, 2.45) is 0 Å². The highest BCUT2D eigenvalue weighted by Crippen LogP contribution is 2.27. The maximum Gasteiger partial charge on any atom is 0.248 e. The summed E-state index contributed by atoms with van der Waals surface area (Å²) < 4.78 is 0. The van der Waals surface area contributed by atoms with Crippen LogP contribution < -0.4 is 15.6 Å². The molecule has 0 heterocycles. The summed E-state index contributed by atoms with van der Waals surface area (Å²) in [7, 11) is -2.91. The van der Waals surface area contributed by atoms with Gasteiger partial charge in [-0.1, -0.05) is 146 Å². The van der Waals surface area contributed by atoms with E-state index in [0.717, 1.165) is 0 Å². The Morgan fingerprint density at radius 2 is 0.610 bits per heavy atom. The fraction of sp³-hybridized carbons (Fsp3) is 0.0769. The molecule has 41 heavy (non-hydrogen) atoms. The predicted octanol–water partition coefficient (Wildman–Crippen LogP) is 8.82. The van der Waals surface area contributed by atoms with Gasteiger partial charge in [0.1, 0.15) is 0 Å². The minimum absolute atomic E-state index is 1.21. The lowest BCUT2D eigenvalue weighted by Gasteiger charge is -2.31. The van der Waals surface area contributed by atoms with E-state index in [0.29, 0.717) is 0 Å². The van der Waals surface area contributed by atoms with Crippen LogP contribution in [0.1, 0.15) is 16.7 Å². The molecule has 0 atom stereocenters. The maximum absolute atomic E-state index is 8.17. The lowest BCUT2D eigenvalue weighted by molar-refractivity contribution is 1.46. The van der Waals surface area contributed by atoms with Crippen LogP contribution in [0.3, 0.4) is 0 Å². The van der Waals surface area contributed by atoms with Gasteiger partial charge in [-0.25, -0.2) is 0 Å². The van der Waals surface area contributed by atoms with Crippen molar-refractivity contribution in [3.63, 3.8) is 0 Å². The molecule has 200 valence electrons. The van der Waals surface area contributed by atoms with Crippen LogP contribution in [-0.4, -0.2) is 7.38 Å². The lowest BCUT2D eigenvalue weighted by Crippen LogP contribution is -2.65. The average Bonchev–Trinajstić information content (AvgIpc) is 3.02. The number of halogens is 1. The molecule has 0 saturated carbocycles. The van der Waals surface area contributed by atoms with E-state index in [1.54, 1.807) is 0 Å². The molecule has 6 aromatic rings. The smallest absolute Gasteiger partial charge is 0.149 e. The molecule has 0 N–H and O–H groups in total. The van der Waals surface area contributed by atoms with E-state index in [4.69, 9.17) is 11.1 Å². The first-order chi connectivity index (χ1) is 19.9. The van der Waals surface area contributed by atoms with Crippen LogP contribution in [0.25, 0.3) is 33.4 Å². The summed E-state index contributed by atoms with van der Waals surface area (Å²) in [5, 5.41) is 3.72. The van der Waals surface area contributed by atoms with E-state index < -0.39 is 7.38 Å². The first-order valence-corrected chi connectivity index (χ1v) is 17.1. The molecule has 0 saturated heterocycles. The molecule has 0 aliphatic rings. The van der Waals surface area contributed by atoms with Crippen LogP contribution in [0, 0.1) is 20.8 Å². The van der Waals surface area contributed by atoms with Gasteiger partial charge in [0.05, 0.1) is 0 Å². The topological polar surface area (TPSA) is 0 Å². The van der Waals surface area contributed by atoms with E-state index >= 15 is 0 Å². The van der Waals surface area contributed by atoms with Gasteiger partial charge in [0.2, 0.25) is 7.38 Å². The normalized spacial score (nSPS) is 11.4. The van der Waals surface area contributed by atoms with E-state index in [2.05, 4.69) is 166 Å². The highest BCUT2D eigenvalue weighted by molar-refractivity contribution is 7.40. The quantitative estimate of drug-likeness (QED) is 0.108. The summed E-state index contributed by atoms with van der Waals surface area (Å²) in [4.78, 5) is 0. The second-order valence-electron chi connectivity index (χ2n) is 10.8. The van der Waals surface area contributed by atoms with Crippen molar-refractivity contribution in [2.45, 2.75) is 20.8 Å². The van der Waals surface area contributed by atoms with Gasteiger partial charge in [0.15, 0.2) is 0 Å². The average molecular weight is 565 g/mol. The third-order valence-corrected chi connectivity index (χ3v) is 13.9. The van der Waals surface area contributed by atoms with Crippen molar-refractivity contribution in [3.8, 4) is 33.4 Å². The van der Waals surface area contributed by atoms with Crippen LogP contribution in [0.15, 0.2) is 146 Å². The van der Waals surface area contributed by atoms with E-state index in [9.17, 15) is 0 Å². The van der Waals surface area contributed by atoms with Crippen molar-refractivity contribution >= 4 is 34.0 Å². The van der Waals surface area contributed by atoms with Gasteiger partial charge in [-0.15, -0.1) is 11.1 Å². The van der Waals surface area contributed by atoms with Crippen LogP contribution in [0.4, 0.5) is 0 Å². The highest BCUT2D eigenvalue weighted by atomic mass is 35.6.